The van der Waals surface area contributed by atoms with Crippen molar-refractivity contribution < 1.29 is 19.2 Å². The molecule has 7 nitrogen and oxygen atoms in total. The number of ether oxygens (including phenoxy) is 1. The van der Waals surface area contributed by atoms with Gasteiger partial charge >= 0.3 is 0 Å². The molecule has 1 aromatic carbocycles. The van der Waals surface area contributed by atoms with Crippen LogP contribution in [0.3, 0.4) is 0 Å². The zero-order chi connectivity index (χ0) is 23.3. The number of carbonyl (C=O) groups is 2. The van der Waals surface area contributed by atoms with Crippen LogP contribution in [0.1, 0.15) is 65.4 Å². The highest BCUT2D eigenvalue weighted by atomic mass is 16.8. The largest absolute Gasteiger partial charge is 0.350 e. The second-order valence-electron chi connectivity index (χ2n) is 9.06. The molecule has 0 aromatic heterocycles. The first-order valence-electron chi connectivity index (χ1n) is 11.7. The van der Waals surface area contributed by atoms with E-state index in [1.54, 1.807) is 0 Å². The van der Waals surface area contributed by atoms with E-state index in [-0.39, 0.29) is 23.8 Å². The normalized spacial score (nSPS) is 18.6. The van der Waals surface area contributed by atoms with Gasteiger partial charge in [0.2, 0.25) is 11.8 Å². The van der Waals surface area contributed by atoms with Crippen molar-refractivity contribution in [3.05, 3.63) is 42.0 Å². The number of nitrogens with one attached hydrogen (secondary N) is 3. The fraction of sp³-hybridized carbons (Fsp3) is 0.600. The van der Waals surface area contributed by atoms with Crippen molar-refractivity contribution in [2.75, 3.05) is 6.61 Å². The molecular weight excluding hydrogens is 406 g/mol. The van der Waals surface area contributed by atoms with E-state index in [0.717, 1.165) is 24.8 Å². The quantitative estimate of drug-likeness (QED) is 0.424. The van der Waals surface area contributed by atoms with Gasteiger partial charge in [0.15, 0.2) is 6.29 Å². The average Bonchev–Trinajstić information content (AvgIpc) is 2.78. The summed E-state index contributed by atoms with van der Waals surface area (Å²) in [6.45, 7) is 8.63. The summed E-state index contributed by atoms with van der Waals surface area (Å²) in [4.78, 5) is 31.7. The minimum Gasteiger partial charge on any atom is -0.350 e. The number of hydroxylamine groups is 1. The van der Waals surface area contributed by atoms with Gasteiger partial charge in [-0.3, -0.25) is 15.0 Å². The maximum absolute atomic E-state index is 13.2. The molecule has 2 amide bonds. The second kappa shape index (κ2) is 14.0. The van der Waals surface area contributed by atoms with Crippen LogP contribution < -0.4 is 16.3 Å². The SMILES string of the molecule is CC(C)C[C@@H](C(=O)NNC(C)C)[C@H](CC=Cc1ccccc1)C(=O)NOC1CCCCO1. The number of benzene rings is 1. The Labute approximate surface area is 192 Å². The highest BCUT2D eigenvalue weighted by molar-refractivity contribution is 5.87. The van der Waals surface area contributed by atoms with E-state index in [1.165, 1.54) is 0 Å². The van der Waals surface area contributed by atoms with Gasteiger partial charge in [-0.25, -0.2) is 15.7 Å². The first kappa shape index (κ1) is 26.0. The van der Waals surface area contributed by atoms with Gasteiger partial charge in [0.25, 0.3) is 0 Å². The lowest BCUT2D eigenvalue weighted by Crippen LogP contribution is -2.49. The van der Waals surface area contributed by atoms with Crippen molar-refractivity contribution in [2.45, 2.75) is 72.1 Å². The lowest BCUT2D eigenvalue weighted by molar-refractivity contribution is -0.203. The van der Waals surface area contributed by atoms with Crippen LogP contribution in [0.25, 0.3) is 6.08 Å². The molecule has 0 spiro atoms. The molecule has 1 unspecified atom stereocenters. The van der Waals surface area contributed by atoms with Gasteiger partial charge in [0.05, 0.1) is 11.8 Å². The number of rotatable bonds is 12. The Bertz CT molecular complexity index is 715. The minimum absolute atomic E-state index is 0.0932. The Morgan fingerprint density at radius 1 is 1.09 bits per heavy atom. The fourth-order valence-corrected chi connectivity index (χ4v) is 3.64. The van der Waals surface area contributed by atoms with Gasteiger partial charge in [-0.2, -0.15) is 0 Å². The highest BCUT2D eigenvalue weighted by Gasteiger charge is 2.34. The minimum atomic E-state index is -0.574. The van der Waals surface area contributed by atoms with E-state index >= 15 is 0 Å². The standard InChI is InChI=1S/C25H39N3O4/c1-18(2)17-22(24(29)27-26-19(3)4)21(14-10-13-20-11-6-5-7-12-20)25(30)28-32-23-15-8-9-16-31-23/h5-7,10-13,18-19,21-23,26H,8-9,14-17H2,1-4H3,(H,27,29)(H,28,30)/t21-,22+,23?/m0/s1. The first-order chi connectivity index (χ1) is 15.4. The van der Waals surface area contributed by atoms with E-state index in [2.05, 4.69) is 30.2 Å². The molecule has 0 saturated carbocycles. The van der Waals surface area contributed by atoms with Crippen LogP contribution in [0, 0.1) is 17.8 Å². The molecule has 3 atom stereocenters. The van der Waals surface area contributed by atoms with Crippen LogP contribution >= 0.6 is 0 Å². The number of amides is 2. The maximum atomic E-state index is 13.2. The zero-order valence-corrected chi connectivity index (χ0v) is 19.8. The number of hydrazine groups is 1. The summed E-state index contributed by atoms with van der Waals surface area (Å²) >= 11 is 0. The molecule has 1 saturated heterocycles. The summed E-state index contributed by atoms with van der Waals surface area (Å²) < 4.78 is 5.54. The number of allylic oxidation sites excluding steroid dienone is 1. The lowest BCUT2D eigenvalue weighted by atomic mass is 9.82. The van der Waals surface area contributed by atoms with E-state index in [9.17, 15) is 9.59 Å². The molecule has 178 valence electrons. The van der Waals surface area contributed by atoms with Crippen LogP contribution in [0.15, 0.2) is 36.4 Å². The third-order valence-electron chi connectivity index (χ3n) is 5.30. The van der Waals surface area contributed by atoms with Gasteiger partial charge in [-0.15, -0.1) is 0 Å². The van der Waals surface area contributed by atoms with Crippen LogP contribution in [-0.4, -0.2) is 30.8 Å². The Balaban J connectivity index is 2.14. The number of carbonyl (C=O) groups excluding carboxylic acids is 2. The highest BCUT2D eigenvalue weighted by Crippen LogP contribution is 2.26. The predicted molar refractivity (Wildman–Crippen MR) is 126 cm³/mol. The van der Waals surface area contributed by atoms with Crippen LogP contribution in [0.5, 0.6) is 0 Å². The monoisotopic (exact) mass is 445 g/mol. The number of hydrogen-bond acceptors (Lipinski definition) is 5. The lowest BCUT2D eigenvalue weighted by Gasteiger charge is -2.28. The summed E-state index contributed by atoms with van der Waals surface area (Å²) in [6, 6.07) is 9.99. The Kier molecular flexibility index (Phi) is 11.4. The first-order valence-corrected chi connectivity index (χ1v) is 11.7. The molecule has 3 N–H and O–H groups in total. The summed E-state index contributed by atoms with van der Waals surface area (Å²) in [5.74, 6) is -1.31. The molecule has 1 fully saturated rings. The van der Waals surface area contributed by atoms with Crippen molar-refractivity contribution in [3.63, 3.8) is 0 Å². The summed E-state index contributed by atoms with van der Waals surface area (Å²) in [5, 5.41) is 0. The molecule has 32 heavy (non-hydrogen) atoms. The van der Waals surface area contributed by atoms with Gasteiger partial charge in [0, 0.05) is 19.1 Å². The smallest absolute Gasteiger partial charge is 0.247 e. The van der Waals surface area contributed by atoms with Crippen LogP contribution in [0.4, 0.5) is 0 Å². The Morgan fingerprint density at radius 3 is 2.47 bits per heavy atom. The van der Waals surface area contributed by atoms with E-state index < -0.39 is 18.1 Å². The Hall–Kier alpha value is -2.22. The third-order valence-corrected chi connectivity index (χ3v) is 5.30. The van der Waals surface area contributed by atoms with Gasteiger partial charge in [0.1, 0.15) is 0 Å². The summed E-state index contributed by atoms with van der Waals surface area (Å²) in [6.07, 6.45) is 7.24. The van der Waals surface area contributed by atoms with Gasteiger partial charge < -0.3 is 4.74 Å². The van der Waals surface area contributed by atoms with Gasteiger partial charge in [-0.05, 0) is 51.0 Å². The van der Waals surface area contributed by atoms with Crippen molar-refractivity contribution in [1.82, 2.24) is 16.3 Å². The van der Waals surface area contributed by atoms with Crippen molar-refractivity contribution >= 4 is 17.9 Å². The van der Waals surface area contributed by atoms with E-state index in [1.807, 2.05) is 56.3 Å². The topological polar surface area (TPSA) is 88.7 Å². The Morgan fingerprint density at radius 2 is 1.84 bits per heavy atom. The molecule has 0 radical (unpaired) electrons. The third kappa shape index (κ3) is 9.51. The molecule has 0 bridgehead atoms. The molecule has 2 rings (SSSR count). The molecule has 7 heteroatoms. The summed E-state index contributed by atoms with van der Waals surface area (Å²) in [7, 11) is 0. The fourth-order valence-electron chi connectivity index (χ4n) is 3.64. The van der Waals surface area contributed by atoms with Crippen molar-refractivity contribution in [2.24, 2.45) is 17.8 Å². The van der Waals surface area contributed by atoms with Crippen molar-refractivity contribution in [1.29, 1.82) is 0 Å². The van der Waals surface area contributed by atoms with Crippen molar-refractivity contribution in [3.8, 4) is 0 Å². The molecule has 1 aliphatic heterocycles. The zero-order valence-electron chi connectivity index (χ0n) is 19.8. The molecule has 1 heterocycles. The predicted octanol–water partition coefficient (Wildman–Crippen LogP) is 3.97. The molecular formula is C25H39N3O4. The maximum Gasteiger partial charge on any atom is 0.247 e. The second-order valence-corrected chi connectivity index (χ2v) is 9.06. The van der Waals surface area contributed by atoms with Gasteiger partial charge in [-0.1, -0.05) is 56.3 Å². The average molecular weight is 446 g/mol. The van der Waals surface area contributed by atoms with E-state index in [0.29, 0.717) is 19.4 Å². The summed E-state index contributed by atoms with van der Waals surface area (Å²) in [5.41, 5.74) is 9.36. The van der Waals surface area contributed by atoms with Crippen LogP contribution in [0.2, 0.25) is 0 Å². The number of hydrogen-bond donors (Lipinski definition) is 3. The van der Waals surface area contributed by atoms with Crippen LogP contribution in [-0.2, 0) is 19.2 Å². The van der Waals surface area contributed by atoms with E-state index in [4.69, 9.17) is 9.57 Å². The molecule has 0 aliphatic carbocycles. The molecule has 1 aromatic rings. The molecule has 1 aliphatic rings.